The Morgan fingerprint density at radius 2 is 2.12 bits per heavy atom. The van der Waals surface area contributed by atoms with Crippen LogP contribution in [-0.2, 0) is 4.74 Å². The molecule has 2 amide bonds. The molecular weight excluding hydrogens is 397 g/mol. The first kappa shape index (κ1) is 19.4. The summed E-state index contributed by atoms with van der Waals surface area (Å²) in [6.45, 7) is 5.37. The molecule has 2 N–H and O–H groups in total. The molecule has 2 heterocycles. The first-order valence-corrected chi connectivity index (χ1v) is 8.60. The molecule has 2 rings (SSSR count). The maximum Gasteiger partial charge on any atom is 0.410 e. The van der Waals surface area contributed by atoms with Crippen LogP contribution < -0.4 is 10.5 Å². The molecule has 138 valence electrons. The molecule has 1 aromatic rings. The van der Waals surface area contributed by atoms with Gasteiger partial charge in [-0.05, 0) is 42.8 Å². The number of hydrogen-bond donors (Lipinski definition) is 1. The van der Waals surface area contributed by atoms with Crippen LogP contribution in [-0.4, -0.2) is 52.9 Å². The molecule has 1 aromatic heterocycles. The van der Waals surface area contributed by atoms with Crippen molar-refractivity contribution in [3.63, 3.8) is 0 Å². The Morgan fingerprint density at radius 3 is 2.68 bits per heavy atom. The lowest BCUT2D eigenvalue weighted by molar-refractivity contribution is -0.0115. The van der Waals surface area contributed by atoms with Gasteiger partial charge in [-0.3, -0.25) is 4.79 Å². The minimum atomic E-state index is -1.44. The average Bonchev–Trinajstić information content (AvgIpc) is 2.48. The van der Waals surface area contributed by atoms with Crippen LogP contribution in [0.3, 0.4) is 0 Å². The van der Waals surface area contributed by atoms with Crippen molar-refractivity contribution in [2.75, 3.05) is 13.1 Å². The predicted molar refractivity (Wildman–Crippen MR) is 92.2 cm³/mol. The molecule has 25 heavy (non-hydrogen) atoms. The smallest absolute Gasteiger partial charge is 0.410 e. The average molecular weight is 418 g/mol. The van der Waals surface area contributed by atoms with Crippen molar-refractivity contribution in [3.05, 3.63) is 22.3 Å². The molecule has 1 aliphatic heterocycles. The van der Waals surface area contributed by atoms with Crippen LogP contribution in [0.5, 0.6) is 5.88 Å². The van der Waals surface area contributed by atoms with Gasteiger partial charge in [0.05, 0.1) is 6.54 Å². The Kier molecular flexibility index (Phi) is 5.87. The summed E-state index contributed by atoms with van der Waals surface area (Å²) < 4.78 is 25.8. The van der Waals surface area contributed by atoms with Crippen molar-refractivity contribution in [1.82, 2.24) is 9.88 Å². The van der Waals surface area contributed by atoms with E-state index in [9.17, 15) is 14.0 Å². The van der Waals surface area contributed by atoms with Crippen LogP contribution in [0.1, 0.15) is 37.6 Å². The van der Waals surface area contributed by atoms with Gasteiger partial charge >= 0.3 is 6.09 Å². The van der Waals surface area contributed by atoms with E-state index in [1.165, 1.54) is 17.2 Å². The van der Waals surface area contributed by atoms with E-state index < -0.39 is 29.9 Å². The van der Waals surface area contributed by atoms with Gasteiger partial charge in [-0.15, -0.1) is 0 Å². The van der Waals surface area contributed by atoms with Gasteiger partial charge in [0, 0.05) is 23.6 Å². The number of ether oxygens (including phenoxy) is 2. The normalized spacial score (nSPS) is 20.9. The van der Waals surface area contributed by atoms with Crippen molar-refractivity contribution in [2.45, 2.75) is 45.1 Å². The third-order valence-corrected chi connectivity index (χ3v) is 3.91. The van der Waals surface area contributed by atoms with Crippen molar-refractivity contribution in [2.24, 2.45) is 5.73 Å². The van der Waals surface area contributed by atoms with Gasteiger partial charge in [0.25, 0.3) is 5.91 Å². The minimum absolute atomic E-state index is 0.0194. The maximum absolute atomic E-state index is 14.5. The van der Waals surface area contributed by atoms with E-state index in [2.05, 4.69) is 20.9 Å². The molecule has 0 radical (unpaired) electrons. The highest BCUT2D eigenvalue weighted by molar-refractivity contribution is 9.10. The fraction of sp³-hybridized carbons (Fsp3) is 0.562. The first-order valence-electron chi connectivity index (χ1n) is 7.81. The number of pyridine rings is 1. The van der Waals surface area contributed by atoms with Crippen LogP contribution in [0.4, 0.5) is 9.18 Å². The number of amides is 2. The largest absolute Gasteiger partial charge is 0.471 e. The Labute approximate surface area is 153 Å². The van der Waals surface area contributed by atoms with E-state index in [-0.39, 0.29) is 31.0 Å². The quantitative estimate of drug-likeness (QED) is 0.815. The number of carbonyl (C=O) groups is 2. The molecule has 0 bridgehead atoms. The van der Waals surface area contributed by atoms with Crippen LogP contribution >= 0.6 is 15.9 Å². The lowest BCUT2D eigenvalue weighted by Crippen LogP contribution is -2.50. The van der Waals surface area contributed by atoms with E-state index in [1.807, 2.05) is 0 Å². The highest BCUT2D eigenvalue weighted by atomic mass is 79.9. The van der Waals surface area contributed by atoms with Gasteiger partial charge in [-0.1, -0.05) is 0 Å². The second kappa shape index (κ2) is 7.55. The van der Waals surface area contributed by atoms with Crippen molar-refractivity contribution < 1.29 is 23.5 Å². The van der Waals surface area contributed by atoms with Crippen LogP contribution in [0.2, 0.25) is 0 Å². The molecule has 0 aliphatic carbocycles. The summed E-state index contributed by atoms with van der Waals surface area (Å²) in [6, 6.07) is 1.47. The third-order valence-electron chi connectivity index (χ3n) is 3.48. The number of alkyl halides is 1. The van der Waals surface area contributed by atoms with Crippen molar-refractivity contribution in [1.29, 1.82) is 0 Å². The minimum Gasteiger partial charge on any atom is -0.471 e. The van der Waals surface area contributed by atoms with Gasteiger partial charge in [0.1, 0.15) is 17.3 Å². The number of piperidine rings is 1. The molecule has 0 aromatic carbocycles. The Morgan fingerprint density at radius 1 is 1.44 bits per heavy atom. The van der Waals surface area contributed by atoms with Crippen LogP contribution in [0.15, 0.2) is 16.7 Å². The SMILES string of the molecule is CC(C)(C)OC(=O)N1CCC(Oc2ncc(Br)cc2C(N)=O)C(F)C1. The zero-order chi connectivity index (χ0) is 18.8. The summed E-state index contributed by atoms with van der Waals surface area (Å²) in [5.74, 6) is -0.737. The molecular formula is C16H21BrFN3O4. The molecule has 7 nitrogen and oxygen atoms in total. The molecule has 0 saturated carbocycles. The topological polar surface area (TPSA) is 94.8 Å². The van der Waals surface area contributed by atoms with Crippen molar-refractivity contribution >= 4 is 27.9 Å². The van der Waals surface area contributed by atoms with Gasteiger partial charge in [0.15, 0.2) is 6.17 Å². The lowest BCUT2D eigenvalue weighted by atomic mass is 10.1. The zero-order valence-electron chi connectivity index (χ0n) is 14.3. The summed E-state index contributed by atoms with van der Waals surface area (Å²) >= 11 is 3.19. The first-order chi connectivity index (χ1) is 11.6. The summed E-state index contributed by atoms with van der Waals surface area (Å²) in [7, 11) is 0. The number of nitrogens with two attached hydrogens (primary N) is 1. The summed E-state index contributed by atoms with van der Waals surface area (Å²) in [5, 5.41) is 0. The molecule has 0 spiro atoms. The van der Waals surface area contributed by atoms with E-state index in [4.69, 9.17) is 15.2 Å². The number of primary amides is 1. The van der Waals surface area contributed by atoms with Crippen LogP contribution in [0, 0.1) is 0 Å². The number of nitrogens with zero attached hydrogens (tertiary/aromatic N) is 2. The number of rotatable bonds is 3. The molecule has 1 saturated heterocycles. The Balaban J connectivity index is 2.03. The Bertz CT molecular complexity index is 665. The summed E-state index contributed by atoms with van der Waals surface area (Å²) in [5.41, 5.74) is 4.72. The molecule has 2 unspecified atom stereocenters. The standard InChI is InChI=1S/C16H21BrFN3O4/c1-16(2,3)25-15(23)21-5-4-12(11(18)8-21)24-14-10(13(19)22)6-9(17)7-20-14/h6-7,11-12H,4-5,8H2,1-3H3,(H2,19,22). The number of halogens is 2. The third kappa shape index (κ3) is 5.29. The molecule has 1 aliphatic rings. The highest BCUT2D eigenvalue weighted by Crippen LogP contribution is 2.25. The number of carbonyl (C=O) groups excluding carboxylic acids is 2. The summed E-state index contributed by atoms with van der Waals surface area (Å²) in [4.78, 5) is 28.8. The lowest BCUT2D eigenvalue weighted by Gasteiger charge is -2.35. The zero-order valence-corrected chi connectivity index (χ0v) is 15.9. The van der Waals surface area contributed by atoms with E-state index in [0.717, 1.165) is 0 Å². The number of aromatic nitrogens is 1. The summed E-state index contributed by atoms with van der Waals surface area (Å²) in [6.07, 6.45) is -1.15. The van der Waals surface area contributed by atoms with E-state index >= 15 is 0 Å². The fourth-order valence-corrected chi connectivity index (χ4v) is 2.68. The second-order valence-corrected chi connectivity index (χ2v) is 7.67. The van der Waals surface area contributed by atoms with Crippen molar-refractivity contribution in [3.8, 4) is 5.88 Å². The van der Waals surface area contributed by atoms with Gasteiger partial charge in [-0.25, -0.2) is 14.2 Å². The fourth-order valence-electron chi connectivity index (χ4n) is 2.35. The van der Waals surface area contributed by atoms with Gasteiger partial charge < -0.3 is 20.1 Å². The number of likely N-dealkylation sites (tertiary alicyclic amines) is 1. The molecule has 9 heteroatoms. The van der Waals surface area contributed by atoms with E-state index in [0.29, 0.717) is 4.47 Å². The second-order valence-electron chi connectivity index (χ2n) is 6.76. The van der Waals surface area contributed by atoms with Gasteiger partial charge in [0.2, 0.25) is 5.88 Å². The maximum atomic E-state index is 14.5. The number of hydrogen-bond acceptors (Lipinski definition) is 5. The molecule has 2 atom stereocenters. The predicted octanol–water partition coefficient (Wildman–Crippen LogP) is 2.67. The monoisotopic (exact) mass is 417 g/mol. The van der Waals surface area contributed by atoms with Gasteiger partial charge in [-0.2, -0.15) is 0 Å². The van der Waals surface area contributed by atoms with Crippen LogP contribution in [0.25, 0.3) is 0 Å². The van der Waals surface area contributed by atoms with E-state index in [1.54, 1.807) is 20.8 Å². The molecule has 1 fully saturated rings. The Hall–Kier alpha value is -1.90. The highest BCUT2D eigenvalue weighted by Gasteiger charge is 2.35.